The molecule has 2 atom stereocenters. The summed E-state index contributed by atoms with van der Waals surface area (Å²) in [5.41, 5.74) is 0. The Bertz CT molecular complexity index is 423. The summed E-state index contributed by atoms with van der Waals surface area (Å²) >= 11 is 3.20. The number of thioether (sulfide) groups is 1. The number of carbonyl (C=O) groups is 2. The molecule has 0 aliphatic rings. The molecule has 1 aromatic heterocycles. The van der Waals surface area contributed by atoms with Gasteiger partial charge in [-0.3, -0.25) is 0 Å². The second kappa shape index (κ2) is 8.86. The van der Waals surface area contributed by atoms with Gasteiger partial charge in [0.2, 0.25) is 0 Å². The number of nitrogens with one attached hydrogen (secondary N) is 2. The van der Waals surface area contributed by atoms with Crippen LogP contribution in [0.5, 0.6) is 0 Å². The minimum absolute atomic E-state index is 0.0383. The number of thiophene rings is 1. The number of carboxylic acids is 1. The van der Waals surface area contributed by atoms with Crippen molar-refractivity contribution >= 4 is 35.1 Å². The molecule has 1 rings (SSSR count). The summed E-state index contributed by atoms with van der Waals surface area (Å²) in [4.78, 5) is 24.0. The van der Waals surface area contributed by atoms with Crippen molar-refractivity contribution in [2.75, 3.05) is 12.0 Å². The minimum Gasteiger partial charge on any atom is -0.480 e. The lowest BCUT2D eigenvalue weighted by molar-refractivity contribution is -0.139. The number of hydrogen-bond donors (Lipinski definition) is 3. The van der Waals surface area contributed by atoms with Crippen LogP contribution in [0.4, 0.5) is 4.79 Å². The van der Waals surface area contributed by atoms with Crippen molar-refractivity contribution in [3.05, 3.63) is 22.4 Å². The van der Waals surface area contributed by atoms with Crippen LogP contribution in [0.25, 0.3) is 0 Å². The van der Waals surface area contributed by atoms with Gasteiger partial charge in [-0.15, -0.1) is 11.3 Å². The maximum Gasteiger partial charge on any atom is 0.326 e. The Morgan fingerprint density at radius 2 is 2.20 bits per heavy atom. The Hall–Kier alpha value is -1.21. The predicted molar refractivity (Wildman–Crippen MR) is 83.6 cm³/mol. The molecule has 0 radical (unpaired) electrons. The highest BCUT2D eigenvalue weighted by molar-refractivity contribution is 7.98. The fourth-order valence-electron chi connectivity index (χ4n) is 1.70. The third kappa shape index (κ3) is 6.29. The average Bonchev–Trinajstić information content (AvgIpc) is 2.86. The van der Waals surface area contributed by atoms with E-state index in [4.69, 9.17) is 5.11 Å². The van der Waals surface area contributed by atoms with Gasteiger partial charge >= 0.3 is 12.0 Å². The van der Waals surface area contributed by atoms with Crippen LogP contribution < -0.4 is 10.6 Å². The number of carboxylic acid groups (broad SMARTS) is 1. The van der Waals surface area contributed by atoms with Crippen LogP contribution in [0.1, 0.15) is 18.2 Å². The minimum atomic E-state index is -1.000. The van der Waals surface area contributed by atoms with Gasteiger partial charge in [-0.25, -0.2) is 9.59 Å². The van der Waals surface area contributed by atoms with Crippen LogP contribution in [0, 0.1) is 0 Å². The molecule has 0 saturated heterocycles. The average molecular weight is 316 g/mol. The van der Waals surface area contributed by atoms with Crippen LogP contribution >= 0.6 is 23.1 Å². The van der Waals surface area contributed by atoms with Gasteiger partial charge in [0.1, 0.15) is 6.04 Å². The third-order valence-electron chi connectivity index (χ3n) is 2.68. The maximum absolute atomic E-state index is 11.8. The van der Waals surface area contributed by atoms with Gasteiger partial charge in [-0.1, -0.05) is 6.07 Å². The SMILES string of the molecule is CSCC[C@H](NC(=O)NC(C)Cc1cccs1)C(=O)O. The van der Waals surface area contributed by atoms with Gasteiger partial charge in [0.15, 0.2) is 0 Å². The smallest absolute Gasteiger partial charge is 0.326 e. The lowest BCUT2D eigenvalue weighted by Crippen LogP contribution is -2.49. The molecule has 20 heavy (non-hydrogen) atoms. The van der Waals surface area contributed by atoms with E-state index >= 15 is 0 Å². The summed E-state index contributed by atoms with van der Waals surface area (Å²) in [6.45, 7) is 1.90. The molecular formula is C13H20N2O3S2. The van der Waals surface area contributed by atoms with E-state index in [1.54, 1.807) is 23.1 Å². The first-order valence-electron chi connectivity index (χ1n) is 6.34. The molecule has 2 amide bonds. The van der Waals surface area contributed by atoms with Crippen molar-refractivity contribution < 1.29 is 14.7 Å². The zero-order valence-electron chi connectivity index (χ0n) is 11.6. The normalized spacial score (nSPS) is 13.5. The molecule has 1 aromatic rings. The van der Waals surface area contributed by atoms with Gasteiger partial charge in [0.05, 0.1) is 0 Å². The molecule has 0 bridgehead atoms. The summed E-state index contributed by atoms with van der Waals surface area (Å²) in [5.74, 6) is -0.303. The van der Waals surface area contributed by atoms with Crippen molar-refractivity contribution in [2.45, 2.75) is 31.8 Å². The van der Waals surface area contributed by atoms with Gasteiger partial charge in [-0.05, 0) is 36.8 Å². The first kappa shape index (κ1) is 16.8. The summed E-state index contributed by atoms with van der Waals surface area (Å²) in [6.07, 6.45) is 3.07. The van der Waals surface area contributed by atoms with E-state index in [0.717, 1.165) is 6.42 Å². The van der Waals surface area contributed by atoms with Crippen molar-refractivity contribution in [3.63, 3.8) is 0 Å². The first-order valence-corrected chi connectivity index (χ1v) is 8.61. The zero-order valence-corrected chi connectivity index (χ0v) is 13.2. The van der Waals surface area contributed by atoms with E-state index in [0.29, 0.717) is 12.2 Å². The Balaban J connectivity index is 2.38. The van der Waals surface area contributed by atoms with Crippen molar-refractivity contribution in [2.24, 2.45) is 0 Å². The van der Waals surface area contributed by atoms with Crippen LogP contribution in [0.3, 0.4) is 0 Å². The number of aliphatic carboxylic acids is 1. The zero-order chi connectivity index (χ0) is 15.0. The fraction of sp³-hybridized carbons (Fsp3) is 0.538. The first-order chi connectivity index (χ1) is 9.52. The van der Waals surface area contributed by atoms with E-state index in [-0.39, 0.29) is 6.04 Å². The molecule has 0 saturated carbocycles. The van der Waals surface area contributed by atoms with Gasteiger partial charge < -0.3 is 15.7 Å². The van der Waals surface area contributed by atoms with Crippen LogP contribution in [-0.4, -0.2) is 41.2 Å². The third-order valence-corrected chi connectivity index (χ3v) is 4.22. The van der Waals surface area contributed by atoms with Gasteiger partial charge in [0.25, 0.3) is 0 Å². The molecule has 112 valence electrons. The number of rotatable bonds is 8. The number of carbonyl (C=O) groups excluding carboxylic acids is 1. The topological polar surface area (TPSA) is 78.4 Å². The van der Waals surface area contributed by atoms with Crippen LogP contribution in [0.2, 0.25) is 0 Å². The van der Waals surface area contributed by atoms with Crippen LogP contribution in [-0.2, 0) is 11.2 Å². The highest BCUT2D eigenvalue weighted by Crippen LogP contribution is 2.10. The summed E-state index contributed by atoms with van der Waals surface area (Å²) in [5, 5.41) is 16.3. The van der Waals surface area contributed by atoms with Crippen molar-refractivity contribution in [1.29, 1.82) is 0 Å². The van der Waals surface area contributed by atoms with Crippen molar-refractivity contribution in [3.8, 4) is 0 Å². The predicted octanol–water partition coefficient (Wildman–Crippen LogP) is 2.18. The largest absolute Gasteiger partial charge is 0.480 e. The second-order valence-corrected chi connectivity index (χ2v) is 6.49. The number of hydrogen-bond acceptors (Lipinski definition) is 4. The summed E-state index contributed by atoms with van der Waals surface area (Å²) < 4.78 is 0. The van der Waals surface area contributed by atoms with E-state index in [9.17, 15) is 9.59 Å². The standard InChI is InChI=1S/C13H20N2O3S2/c1-9(8-10-4-3-6-20-10)14-13(18)15-11(12(16)17)5-7-19-2/h3-4,6,9,11H,5,7-8H2,1-2H3,(H,16,17)(H2,14,15,18)/t9?,11-/m0/s1. The molecule has 0 aromatic carbocycles. The van der Waals surface area contributed by atoms with Gasteiger partial charge in [-0.2, -0.15) is 11.8 Å². The Morgan fingerprint density at radius 1 is 1.45 bits per heavy atom. The lowest BCUT2D eigenvalue weighted by Gasteiger charge is -2.17. The fourth-order valence-corrected chi connectivity index (χ4v) is 3.01. The molecule has 0 fully saturated rings. The quantitative estimate of drug-likeness (QED) is 0.687. The van der Waals surface area contributed by atoms with E-state index < -0.39 is 18.0 Å². The highest BCUT2D eigenvalue weighted by Gasteiger charge is 2.20. The molecule has 0 aliphatic carbocycles. The van der Waals surface area contributed by atoms with Crippen LogP contribution in [0.15, 0.2) is 17.5 Å². The van der Waals surface area contributed by atoms with E-state index in [1.165, 1.54) is 4.88 Å². The van der Waals surface area contributed by atoms with Gasteiger partial charge in [0, 0.05) is 17.3 Å². The summed E-state index contributed by atoms with van der Waals surface area (Å²) in [7, 11) is 0. The number of urea groups is 1. The molecule has 3 N–H and O–H groups in total. The molecule has 1 heterocycles. The Morgan fingerprint density at radius 3 is 2.75 bits per heavy atom. The highest BCUT2D eigenvalue weighted by atomic mass is 32.2. The molecule has 1 unspecified atom stereocenters. The number of amides is 2. The monoisotopic (exact) mass is 316 g/mol. The molecule has 7 heteroatoms. The Kier molecular flexibility index (Phi) is 7.46. The lowest BCUT2D eigenvalue weighted by atomic mass is 10.2. The molecular weight excluding hydrogens is 296 g/mol. The second-order valence-electron chi connectivity index (χ2n) is 4.47. The molecule has 0 spiro atoms. The Labute approximate surface area is 127 Å². The maximum atomic E-state index is 11.8. The molecule has 0 aliphatic heterocycles. The summed E-state index contributed by atoms with van der Waals surface area (Å²) in [6, 6.07) is 2.68. The van der Waals surface area contributed by atoms with E-state index in [2.05, 4.69) is 10.6 Å². The van der Waals surface area contributed by atoms with Crippen molar-refractivity contribution in [1.82, 2.24) is 10.6 Å². The molecule has 5 nitrogen and oxygen atoms in total. The van der Waals surface area contributed by atoms with E-state index in [1.807, 2.05) is 30.7 Å².